The van der Waals surface area contributed by atoms with Crippen molar-refractivity contribution in [2.75, 3.05) is 6.54 Å². The van der Waals surface area contributed by atoms with Crippen molar-refractivity contribution in [1.29, 1.82) is 0 Å². The van der Waals surface area contributed by atoms with E-state index in [4.69, 9.17) is 11.6 Å². The molecule has 1 amide bonds. The van der Waals surface area contributed by atoms with E-state index in [0.717, 1.165) is 12.8 Å². The predicted octanol–water partition coefficient (Wildman–Crippen LogP) is 3.75. The van der Waals surface area contributed by atoms with Crippen molar-refractivity contribution in [3.05, 3.63) is 77.1 Å². The molecule has 1 aliphatic carbocycles. The predicted molar refractivity (Wildman–Crippen MR) is 106 cm³/mol. The quantitative estimate of drug-likeness (QED) is 0.659. The van der Waals surface area contributed by atoms with Gasteiger partial charge < -0.3 is 4.90 Å². The van der Waals surface area contributed by atoms with Gasteiger partial charge in [-0.2, -0.15) is 0 Å². The maximum absolute atomic E-state index is 14.2. The third-order valence-corrected chi connectivity index (χ3v) is 6.22. The number of nitrogens with one attached hydrogen (secondary N) is 1. The van der Waals surface area contributed by atoms with Crippen LogP contribution < -0.4 is 4.72 Å². The molecule has 0 unspecified atom stereocenters. The fourth-order valence-electron chi connectivity index (χ4n) is 2.82. The third kappa shape index (κ3) is 4.60. The molecular formula is C20H20ClFN2O3S. The van der Waals surface area contributed by atoms with E-state index in [1.165, 1.54) is 36.4 Å². The van der Waals surface area contributed by atoms with Crippen LogP contribution in [0.25, 0.3) is 0 Å². The van der Waals surface area contributed by atoms with Crippen LogP contribution in [0.5, 0.6) is 0 Å². The van der Waals surface area contributed by atoms with Gasteiger partial charge in [0.1, 0.15) is 5.82 Å². The van der Waals surface area contributed by atoms with E-state index in [1.54, 1.807) is 17.0 Å². The average Bonchev–Trinajstić information content (AvgIpc) is 3.51. The summed E-state index contributed by atoms with van der Waals surface area (Å²) in [7, 11) is -3.75. The maximum Gasteiger partial charge on any atom is 0.254 e. The van der Waals surface area contributed by atoms with E-state index < -0.39 is 15.8 Å². The summed E-state index contributed by atoms with van der Waals surface area (Å²) < 4.78 is 41.2. The van der Waals surface area contributed by atoms with Gasteiger partial charge >= 0.3 is 0 Å². The van der Waals surface area contributed by atoms with Crippen LogP contribution in [-0.4, -0.2) is 31.8 Å². The van der Waals surface area contributed by atoms with Crippen LogP contribution >= 0.6 is 11.6 Å². The monoisotopic (exact) mass is 422 g/mol. The molecule has 8 heteroatoms. The van der Waals surface area contributed by atoms with Gasteiger partial charge in [-0.3, -0.25) is 4.79 Å². The normalized spacial score (nSPS) is 13.9. The first-order chi connectivity index (χ1) is 13.3. The Kier molecular flexibility index (Phi) is 6.17. The van der Waals surface area contributed by atoms with Crippen molar-refractivity contribution in [3.8, 4) is 0 Å². The summed E-state index contributed by atoms with van der Waals surface area (Å²) in [6.45, 7) is 3.59. The minimum atomic E-state index is -3.75. The number of benzene rings is 2. The molecule has 0 saturated heterocycles. The highest BCUT2D eigenvalue weighted by Gasteiger charge is 2.34. The second-order valence-electron chi connectivity index (χ2n) is 6.53. The maximum atomic E-state index is 14.2. The zero-order chi connectivity index (χ0) is 20.3. The smallest absolute Gasteiger partial charge is 0.254 e. The Hall–Kier alpha value is -2.22. The minimum Gasteiger partial charge on any atom is -0.331 e. The summed E-state index contributed by atoms with van der Waals surface area (Å²) in [4.78, 5) is 14.6. The van der Waals surface area contributed by atoms with Crippen molar-refractivity contribution >= 4 is 27.5 Å². The van der Waals surface area contributed by atoms with E-state index in [1.807, 2.05) is 0 Å². The van der Waals surface area contributed by atoms with E-state index in [0.29, 0.717) is 0 Å². The van der Waals surface area contributed by atoms with Gasteiger partial charge in [0.25, 0.3) is 5.91 Å². The summed E-state index contributed by atoms with van der Waals surface area (Å²) in [6.07, 6.45) is 3.06. The average molecular weight is 423 g/mol. The summed E-state index contributed by atoms with van der Waals surface area (Å²) >= 11 is 6.11. The molecule has 1 fully saturated rings. The van der Waals surface area contributed by atoms with Crippen LogP contribution in [0.1, 0.15) is 28.8 Å². The molecule has 2 aromatic carbocycles. The Morgan fingerprint density at radius 1 is 1.29 bits per heavy atom. The molecule has 3 rings (SSSR count). The fourth-order valence-corrected chi connectivity index (χ4v) is 4.09. The van der Waals surface area contributed by atoms with Crippen LogP contribution in [0, 0.1) is 5.82 Å². The topological polar surface area (TPSA) is 66.5 Å². The number of carbonyl (C=O) groups is 1. The minimum absolute atomic E-state index is 0.0117. The molecule has 1 saturated carbocycles. The lowest BCUT2D eigenvalue weighted by atomic mass is 10.1. The van der Waals surface area contributed by atoms with Crippen molar-refractivity contribution in [1.82, 2.24) is 9.62 Å². The highest BCUT2D eigenvalue weighted by molar-refractivity contribution is 7.89. The summed E-state index contributed by atoms with van der Waals surface area (Å²) in [6, 6.07) is 10.2. The number of hydrogen-bond acceptors (Lipinski definition) is 3. The molecule has 1 N–H and O–H groups in total. The fraction of sp³-hybridized carbons (Fsp3) is 0.250. The molecule has 2 aromatic rings. The summed E-state index contributed by atoms with van der Waals surface area (Å²) in [5, 5.41) is 0.253. The Bertz CT molecular complexity index is 986. The molecule has 0 radical (unpaired) electrons. The number of halogens is 2. The van der Waals surface area contributed by atoms with E-state index in [9.17, 15) is 17.6 Å². The first-order valence-corrected chi connectivity index (χ1v) is 10.6. The van der Waals surface area contributed by atoms with Gasteiger partial charge in [0, 0.05) is 28.7 Å². The molecule has 5 nitrogen and oxygen atoms in total. The molecule has 0 heterocycles. The molecule has 0 aromatic heterocycles. The molecule has 0 atom stereocenters. The van der Waals surface area contributed by atoms with E-state index in [2.05, 4.69) is 11.3 Å². The van der Waals surface area contributed by atoms with Crippen molar-refractivity contribution < 1.29 is 17.6 Å². The van der Waals surface area contributed by atoms with Crippen LogP contribution in [0.2, 0.25) is 5.02 Å². The number of amides is 1. The Labute approximate surface area is 168 Å². The number of sulfonamides is 1. The van der Waals surface area contributed by atoms with Crippen LogP contribution in [0.3, 0.4) is 0 Å². The van der Waals surface area contributed by atoms with E-state index >= 15 is 0 Å². The second-order valence-corrected chi connectivity index (χ2v) is 8.71. The lowest BCUT2D eigenvalue weighted by Gasteiger charge is -2.23. The first kappa shape index (κ1) is 20.5. The highest BCUT2D eigenvalue weighted by atomic mass is 35.5. The standard InChI is InChI=1S/C20H20ClFN2O3S/c1-2-11-23-28(26,27)16-6-3-5-14(12-16)20(25)24(15-9-10-15)13-17-18(21)7-4-8-19(17)22/h2-8,12,15,23H,1,9-11,13H2. The Morgan fingerprint density at radius 2 is 2.00 bits per heavy atom. The first-order valence-electron chi connectivity index (χ1n) is 8.78. The lowest BCUT2D eigenvalue weighted by molar-refractivity contribution is 0.0728. The molecule has 0 aliphatic heterocycles. The largest absolute Gasteiger partial charge is 0.331 e. The van der Waals surface area contributed by atoms with Gasteiger partial charge in [-0.25, -0.2) is 17.5 Å². The third-order valence-electron chi connectivity index (χ3n) is 4.45. The zero-order valence-electron chi connectivity index (χ0n) is 15.1. The van der Waals surface area contributed by atoms with Crippen molar-refractivity contribution in [2.24, 2.45) is 0 Å². The SMILES string of the molecule is C=CCNS(=O)(=O)c1cccc(C(=O)N(Cc2c(F)cccc2Cl)C2CC2)c1. The van der Waals surface area contributed by atoms with Gasteiger partial charge in [0.15, 0.2) is 0 Å². The van der Waals surface area contributed by atoms with Crippen molar-refractivity contribution in [3.63, 3.8) is 0 Å². The molecule has 148 valence electrons. The molecular weight excluding hydrogens is 403 g/mol. The van der Waals surface area contributed by atoms with Crippen LogP contribution in [0.4, 0.5) is 4.39 Å². The van der Waals surface area contributed by atoms with Crippen molar-refractivity contribution in [2.45, 2.75) is 30.3 Å². The number of hydrogen-bond donors (Lipinski definition) is 1. The Morgan fingerprint density at radius 3 is 2.64 bits per heavy atom. The highest BCUT2D eigenvalue weighted by Crippen LogP contribution is 2.32. The van der Waals surface area contributed by atoms with Crippen LogP contribution in [-0.2, 0) is 16.6 Å². The number of rotatable bonds is 8. The number of carbonyl (C=O) groups excluding carboxylic acids is 1. The van der Waals surface area contributed by atoms with E-state index in [-0.39, 0.29) is 46.1 Å². The van der Waals surface area contributed by atoms with Gasteiger partial charge in [0.05, 0.1) is 11.4 Å². The van der Waals surface area contributed by atoms with Gasteiger partial charge in [-0.1, -0.05) is 29.8 Å². The molecule has 0 bridgehead atoms. The second kappa shape index (κ2) is 8.43. The van der Waals surface area contributed by atoms with Crippen LogP contribution in [0.15, 0.2) is 60.0 Å². The van der Waals surface area contributed by atoms with Gasteiger partial charge in [-0.15, -0.1) is 6.58 Å². The molecule has 1 aliphatic rings. The number of nitrogens with zero attached hydrogens (tertiary/aromatic N) is 1. The zero-order valence-corrected chi connectivity index (χ0v) is 16.6. The summed E-state index contributed by atoms with van der Waals surface area (Å²) in [5.41, 5.74) is 0.474. The molecule has 28 heavy (non-hydrogen) atoms. The lowest BCUT2D eigenvalue weighted by Crippen LogP contribution is -2.33. The summed E-state index contributed by atoms with van der Waals surface area (Å²) in [5.74, 6) is -0.835. The van der Waals surface area contributed by atoms with Gasteiger partial charge in [0.2, 0.25) is 10.0 Å². The van der Waals surface area contributed by atoms with Gasteiger partial charge in [-0.05, 0) is 43.2 Å². The molecule has 0 spiro atoms. The Balaban J connectivity index is 1.89.